The molecule has 0 saturated carbocycles. The second-order valence-electron chi connectivity index (χ2n) is 8.48. The lowest BCUT2D eigenvalue weighted by Gasteiger charge is -2.35. The smallest absolute Gasteiger partial charge is 0.255 e. The second kappa shape index (κ2) is 9.06. The maximum absolute atomic E-state index is 13.2. The van der Waals surface area contributed by atoms with Gasteiger partial charge in [-0.25, -0.2) is 4.98 Å². The lowest BCUT2D eigenvalue weighted by Crippen LogP contribution is -2.42. The molecule has 1 N–H and O–H groups in total. The number of aryl methyl sites for hydroxylation is 1. The fourth-order valence-electron chi connectivity index (χ4n) is 4.19. The highest BCUT2D eigenvalue weighted by Gasteiger charge is 2.27. The van der Waals surface area contributed by atoms with Crippen LogP contribution in [0, 0.1) is 18.8 Å². The highest BCUT2D eigenvalue weighted by atomic mass is 32.1. The monoisotopic (exact) mass is 437 g/mol. The molecule has 3 heterocycles. The molecule has 7 heteroatoms. The van der Waals surface area contributed by atoms with E-state index in [0.29, 0.717) is 34.5 Å². The number of hydrogen-bond donors (Lipinski definition) is 1. The number of piperidine rings is 1. The van der Waals surface area contributed by atoms with Crippen LogP contribution in [-0.2, 0) is 11.2 Å². The Morgan fingerprint density at radius 1 is 1.16 bits per heavy atom. The Labute approximate surface area is 186 Å². The first-order valence-electron chi connectivity index (χ1n) is 10.6. The molecular formula is C24H27N3O3S. The van der Waals surface area contributed by atoms with Gasteiger partial charge in [0.15, 0.2) is 10.8 Å². The van der Waals surface area contributed by atoms with Gasteiger partial charge in [0.1, 0.15) is 5.76 Å². The molecule has 1 fully saturated rings. The summed E-state index contributed by atoms with van der Waals surface area (Å²) in [5.74, 6) is 2.25. The van der Waals surface area contributed by atoms with Crippen LogP contribution in [-0.4, -0.2) is 34.8 Å². The van der Waals surface area contributed by atoms with E-state index in [9.17, 15) is 9.59 Å². The molecular weight excluding hydrogens is 410 g/mol. The molecule has 31 heavy (non-hydrogen) atoms. The Hall–Kier alpha value is -2.93. The van der Waals surface area contributed by atoms with Crippen LogP contribution in [0.5, 0.6) is 0 Å². The molecule has 1 aliphatic rings. The third kappa shape index (κ3) is 5.05. The number of nitrogens with one attached hydrogen (secondary N) is 1. The quantitative estimate of drug-likeness (QED) is 0.609. The molecule has 0 radical (unpaired) electrons. The van der Waals surface area contributed by atoms with Gasteiger partial charge in [-0.15, -0.1) is 11.3 Å². The summed E-state index contributed by atoms with van der Waals surface area (Å²) >= 11 is 1.45. The van der Waals surface area contributed by atoms with E-state index < -0.39 is 0 Å². The topological polar surface area (TPSA) is 75.4 Å². The molecule has 2 aromatic heterocycles. The summed E-state index contributed by atoms with van der Waals surface area (Å²) in [6.45, 7) is 7.74. The Bertz CT molecular complexity index is 1080. The molecule has 162 valence electrons. The Kier molecular flexibility index (Phi) is 6.23. The van der Waals surface area contributed by atoms with Gasteiger partial charge in [-0.1, -0.05) is 26.0 Å². The number of nitrogens with zero attached hydrogens (tertiary/aromatic N) is 2. The van der Waals surface area contributed by atoms with Crippen LogP contribution in [0.25, 0.3) is 10.8 Å². The number of furan rings is 1. The largest absolute Gasteiger partial charge is 0.459 e. The van der Waals surface area contributed by atoms with E-state index in [1.54, 1.807) is 12.1 Å². The average molecular weight is 438 g/mol. The minimum Gasteiger partial charge on any atom is -0.459 e. The van der Waals surface area contributed by atoms with Gasteiger partial charge >= 0.3 is 0 Å². The lowest BCUT2D eigenvalue weighted by molar-refractivity contribution is -0.115. The number of carbonyl (C=O) groups excluding carboxylic acids is 2. The van der Waals surface area contributed by atoms with Gasteiger partial charge in [0, 0.05) is 18.5 Å². The molecule has 2 amide bonds. The number of hydrogen-bond acceptors (Lipinski definition) is 5. The van der Waals surface area contributed by atoms with E-state index in [0.717, 1.165) is 30.3 Å². The van der Waals surface area contributed by atoms with Crippen molar-refractivity contribution in [3.05, 3.63) is 58.8 Å². The first-order chi connectivity index (χ1) is 14.9. The minimum atomic E-state index is -0.201. The predicted octanol–water partition coefficient (Wildman–Crippen LogP) is 5.01. The zero-order valence-corrected chi connectivity index (χ0v) is 18.9. The van der Waals surface area contributed by atoms with Gasteiger partial charge in [-0.3, -0.25) is 9.59 Å². The minimum absolute atomic E-state index is 0.0292. The Morgan fingerprint density at radius 2 is 1.90 bits per heavy atom. The van der Waals surface area contributed by atoms with Crippen molar-refractivity contribution in [2.24, 2.45) is 11.8 Å². The number of anilines is 1. The van der Waals surface area contributed by atoms with Crippen molar-refractivity contribution in [2.75, 3.05) is 18.4 Å². The van der Waals surface area contributed by atoms with Crippen molar-refractivity contribution in [3.8, 4) is 10.8 Å². The number of aromatic nitrogens is 1. The molecule has 4 rings (SSSR count). The number of rotatable bonds is 5. The van der Waals surface area contributed by atoms with Gasteiger partial charge in [0.25, 0.3) is 5.91 Å². The standard InChI is InChI=1S/C24H27N3O3S/c1-15-10-16(2)13-27(12-15)24(29)19-6-4-5-7-20(19)26-22(28)11-18-14-31-23(25-18)21-9-8-17(3)30-21/h4-9,14-16H,10-13H2,1-3H3,(H,26,28). The maximum Gasteiger partial charge on any atom is 0.255 e. The number of likely N-dealkylation sites (tertiary alicyclic amines) is 1. The fraction of sp³-hybridized carbons (Fsp3) is 0.375. The summed E-state index contributed by atoms with van der Waals surface area (Å²) in [4.78, 5) is 32.3. The number of amides is 2. The van der Waals surface area contributed by atoms with Crippen molar-refractivity contribution in [2.45, 2.75) is 33.6 Å². The van der Waals surface area contributed by atoms with Gasteiger partial charge in [0.2, 0.25) is 5.91 Å². The van der Waals surface area contributed by atoms with E-state index in [2.05, 4.69) is 24.1 Å². The van der Waals surface area contributed by atoms with Crippen LogP contribution in [0.1, 0.15) is 42.1 Å². The summed E-state index contributed by atoms with van der Waals surface area (Å²) in [5, 5.41) is 5.52. The molecule has 1 aliphatic heterocycles. The molecule has 3 aromatic rings. The van der Waals surface area contributed by atoms with Crippen LogP contribution in [0.3, 0.4) is 0 Å². The van der Waals surface area contributed by atoms with Crippen molar-refractivity contribution in [1.82, 2.24) is 9.88 Å². The molecule has 0 spiro atoms. The second-order valence-corrected chi connectivity index (χ2v) is 9.34. The maximum atomic E-state index is 13.2. The molecule has 0 bridgehead atoms. The molecule has 0 aliphatic carbocycles. The zero-order chi connectivity index (χ0) is 22.0. The van der Waals surface area contributed by atoms with Crippen LogP contribution in [0.2, 0.25) is 0 Å². The number of para-hydroxylation sites is 1. The first-order valence-corrected chi connectivity index (χ1v) is 11.5. The normalized spacial score (nSPS) is 18.7. The summed E-state index contributed by atoms with van der Waals surface area (Å²) in [7, 11) is 0. The van der Waals surface area contributed by atoms with Crippen molar-refractivity contribution in [3.63, 3.8) is 0 Å². The van der Waals surface area contributed by atoms with Crippen molar-refractivity contribution in [1.29, 1.82) is 0 Å². The van der Waals surface area contributed by atoms with Crippen molar-refractivity contribution < 1.29 is 14.0 Å². The summed E-state index contributed by atoms with van der Waals surface area (Å²) in [5.41, 5.74) is 1.75. The first kappa shape index (κ1) is 21.3. The van der Waals surface area contributed by atoms with Gasteiger partial charge in [0.05, 0.1) is 23.4 Å². The highest BCUT2D eigenvalue weighted by Crippen LogP contribution is 2.27. The lowest BCUT2D eigenvalue weighted by atomic mass is 9.91. The SMILES string of the molecule is Cc1ccc(-c2nc(CC(=O)Nc3ccccc3C(=O)N3CC(C)CC(C)C3)cs2)o1. The van der Waals surface area contributed by atoms with Gasteiger partial charge < -0.3 is 14.6 Å². The highest BCUT2D eigenvalue weighted by molar-refractivity contribution is 7.13. The molecule has 1 saturated heterocycles. The van der Waals surface area contributed by atoms with E-state index in [1.165, 1.54) is 11.3 Å². The Balaban J connectivity index is 1.44. The van der Waals surface area contributed by atoms with E-state index in [4.69, 9.17) is 4.42 Å². The number of benzene rings is 1. The van der Waals surface area contributed by atoms with E-state index in [-0.39, 0.29) is 18.2 Å². The third-order valence-corrected chi connectivity index (χ3v) is 6.34. The van der Waals surface area contributed by atoms with Crippen LogP contribution >= 0.6 is 11.3 Å². The molecule has 2 atom stereocenters. The molecule has 1 aromatic carbocycles. The molecule has 2 unspecified atom stereocenters. The molecule has 6 nitrogen and oxygen atoms in total. The average Bonchev–Trinajstić information content (AvgIpc) is 3.36. The van der Waals surface area contributed by atoms with Crippen LogP contribution < -0.4 is 5.32 Å². The van der Waals surface area contributed by atoms with Crippen LogP contribution in [0.15, 0.2) is 46.2 Å². The number of thiazole rings is 1. The summed E-state index contributed by atoms with van der Waals surface area (Å²) in [6.07, 6.45) is 1.27. The van der Waals surface area contributed by atoms with E-state index in [1.807, 2.05) is 41.5 Å². The summed E-state index contributed by atoms with van der Waals surface area (Å²) in [6, 6.07) is 11.0. The fourth-order valence-corrected chi connectivity index (χ4v) is 4.97. The zero-order valence-electron chi connectivity index (χ0n) is 18.1. The van der Waals surface area contributed by atoms with Gasteiger partial charge in [-0.2, -0.15) is 0 Å². The van der Waals surface area contributed by atoms with Crippen LogP contribution in [0.4, 0.5) is 5.69 Å². The van der Waals surface area contributed by atoms with E-state index >= 15 is 0 Å². The Morgan fingerprint density at radius 3 is 2.61 bits per heavy atom. The van der Waals surface area contributed by atoms with Crippen molar-refractivity contribution >= 4 is 28.8 Å². The predicted molar refractivity (Wildman–Crippen MR) is 122 cm³/mol. The van der Waals surface area contributed by atoms with Gasteiger partial charge in [-0.05, 0) is 49.4 Å². The summed E-state index contributed by atoms with van der Waals surface area (Å²) < 4.78 is 5.60. The number of carbonyl (C=O) groups is 2. The third-order valence-electron chi connectivity index (χ3n) is 5.43.